The highest BCUT2D eigenvalue weighted by Gasteiger charge is 2.19. The molecule has 1 fully saturated rings. The number of benzene rings is 2. The predicted molar refractivity (Wildman–Crippen MR) is 120 cm³/mol. The van der Waals surface area contributed by atoms with E-state index in [9.17, 15) is 0 Å². The van der Waals surface area contributed by atoms with Crippen LogP contribution in [0.2, 0.25) is 0 Å². The van der Waals surface area contributed by atoms with E-state index in [1.807, 2.05) is 18.2 Å². The smallest absolute Gasteiger partial charge is 0.191 e. The van der Waals surface area contributed by atoms with Gasteiger partial charge in [-0.05, 0) is 30.9 Å². The number of hydrogen-bond donors (Lipinski definition) is 2. The molecule has 0 saturated carbocycles. The fraction of sp³-hybridized carbons (Fsp3) is 0.458. The zero-order valence-corrected chi connectivity index (χ0v) is 17.5. The lowest BCUT2D eigenvalue weighted by molar-refractivity contribution is 0.128. The monoisotopic (exact) mass is 394 g/mol. The van der Waals surface area contributed by atoms with Crippen molar-refractivity contribution in [3.8, 4) is 0 Å². The Bertz CT molecular complexity index is 712. The Morgan fingerprint density at radius 3 is 2.31 bits per heavy atom. The van der Waals surface area contributed by atoms with Crippen molar-refractivity contribution in [2.24, 2.45) is 4.99 Å². The molecule has 5 nitrogen and oxygen atoms in total. The Morgan fingerprint density at radius 1 is 1.00 bits per heavy atom. The van der Waals surface area contributed by atoms with E-state index in [1.165, 1.54) is 11.1 Å². The zero-order valence-electron chi connectivity index (χ0n) is 17.5. The number of likely N-dealkylation sites (tertiary alicyclic amines) is 1. The van der Waals surface area contributed by atoms with Crippen LogP contribution < -0.4 is 10.6 Å². The highest BCUT2D eigenvalue weighted by atomic mass is 16.5. The van der Waals surface area contributed by atoms with Crippen LogP contribution in [0.25, 0.3) is 0 Å². The largest absolute Gasteiger partial charge is 0.375 e. The van der Waals surface area contributed by atoms with Crippen molar-refractivity contribution in [2.45, 2.75) is 39.0 Å². The number of nitrogens with one attached hydrogen (secondary N) is 2. The molecule has 0 amide bonds. The summed E-state index contributed by atoms with van der Waals surface area (Å²) >= 11 is 0. The number of hydrogen-bond acceptors (Lipinski definition) is 3. The summed E-state index contributed by atoms with van der Waals surface area (Å²) in [5.41, 5.74) is 2.59. The lowest BCUT2D eigenvalue weighted by Crippen LogP contribution is -2.48. The second-order valence-electron chi connectivity index (χ2n) is 7.48. The van der Waals surface area contributed by atoms with E-state index < -0.39 is 0 Å². The molecule has 0 spiro atoms. The lowest BCUT2D eigenvalue weighted by Gasteiger charge is -2.33. The van der Waals surface area contributed by atoms with E-state index >= 15 is 0 Å². The SMILES string of the molecule is CCNC(=NCCOCc1ccccc1)NC1CCN(Cc2ccccc2)CC1. The van der Waals surface area contributed by atoms with Gasteiger partial charge in [-0.15, -0.1) is 0 Å². The van der Waals surface area contributed by atoms with Crippen LogP contribution in [0.15, 0.2) is 65.7 Å². The van der Waals surface area contributed by atoms with Crippen molar-refractivity contribution in [1.82, 2.24) is 15.5 Å². The number of nitrogens with zero attached hydrogens (tertiary/aromatic N) is 2. The van der Waals surface area contributed by atoms with E-state index in [0.29, 0.717) is 25.8 Å². The predicted octanol–water partition coefficient (Wildman–Crippen LogP) is 3.42. The summed E-state index contributed by atoms with van der Waals surface area (Å²) in [6, 6.07) is 21.5. The summed E-state index contributed by atoms with van der Waals surface area (Å²) in [5, 5.41) is 6.97. The molecule has 0 atom stereocenters. The van der Waals surface area contributed by atoms with Crippen molar-refractivity contribution in [1.29, 1.82) is 0 Å². The maximum atomic E-state index is 5.74. The Morgan fingerprint density at radius 2 is 1.66 bits per heavy atom. The van der Waals surface area contributed by atoms with Crippen LogP contribution in [0.4, 0.5) is 0 Å². The Hall–Kier alpha value is -2.37. The molecular weight excluding hydrogens is 360 g/mol. The Balaban J connectivity index is 1.36. The number of rotatable bonds is 9. The van der Waals surface area contributed by atoms with Gasteiger partial charge in [-0.1, -0.05) is 60.7 Å². The molecule has 0 aromatic heterocycles. The minimum absolute atomic E-state index is 0.477. The van der Waals surface area contributed by atoms with Gasteiger partial charge in [-0.3, -0.25) is 9.89 Å². The highest BCUT2D eigenvalue weighted by molar-refractivity contribution is 5.80. The number of aliphatic imine (C=N–C) groups is 1. The van der Waals surface area contributed by atoms with Crippen LogP contribution in [-0.4, -0.2) is 49.7 Å². The fourth-order valence-corrected chi connectivity index (χ4v) is 3.58. The summed E-state index contributed by atoms with van der Waals surface area (Å²) in [6.45, 7) is 8.17. The Kier molecular flexibility index (Phi) is 9.01. The molecule has 1 aliphatic rings. The molecule has 2 aromatic rings. The molecule has 0 aliphatic carbocycles. The Labute approximate surface area is 175 Å². The molecule has 1 aliphatic heterocycles. The summed E-state index contributed by atoms with van der Waals surface area (Å²) in [6.07, 6.45) is 2.28. The summed E-state index contributed by atoms with van der Waals surface area (Å²) < 4.78 is 5.74. The molecular formula is C24H34N4O. The first-order valence-corrected chi connectivity index (χ1v) is 10.8. The third-order valence-electron chi connectivity index (χ3n) is 5.14. The average molecular weight is 395 g/mol. The van der Waals surface area contributed by atoms with Crippen molar-refractivity contribution in [2.75, 3.05) is 32.8 Å². The van der Waals surface area contributed by atoms with Gasteiger partial charge in [0.1, 0.15) is 0 Å². The second-order valence-corrected chi connectivity index (χ2v) is 7.48. The van der Waals surface area contributed by atoms with Crippen molar-refractivity contribution in [3.05, 3.63) is 71.8 Å². The van der Waals surface area contributed by atoms with Gasteiger partial charge in [0.25, 0.3) is 0 Å². The number of ether oxygens (including phenoxy) is 1. The third kappa shape index (κ3) is 7.87. The lowest BCUT2D eigenvalue weighted by atomic mass is 10.0. The molecule has 3 rings (SSSR count). The van der Waals surface area contributed by atoms with Crippen molar-refractivity contribution < 1.29 is 4.74 Å². The van der Waals surface area contributed by atoms with Gasteiger partial charge in [0.2, 0.25) is 0 Å². The number of guanidine groups is 1. The van der Waals surface area contributed by atoms with Gasteiger partial charge in [0.05, 0.1) is 19.8 Å². The van der Waals surface area contributed by atoms with E-state index in [4.69, 9.17) is 4.74 Å². The van der Waals surface area contributed by atoms with Crippen LogP contribution >= 0.6 is 0 Å². The van der Waals surface area contributed by atoms with Crippen LogP contribution in [0.5, 0.6) is 0 Å². The maximum Gasteiger partial charge on any atom is 0.191 e. The fourth-order valence-electron chi connectivity index (χ4n) is 3.58. The molecule has 0 radical (unpaired) electrons. The van der Waals surface area contributed by atoms with Crippen LogP contribution in [0.3, 0.4) is 0 Å². The first kappa shape index (κ1) is 21.3. The summed E-state index contributed by atoms with van der Waals surface area (Å²) in [4.78, 5) is 7.22. The van der Waals surface area contributed by atoms with E-state index in [2.05, 4.69) is 69.9 Å². The minimum atomic E-state index is 0.477. The topological polar surface area (TPSA) is 48.9 Å². The molecule has 2 N–H and O–H groups in total. The maximum absolute atomic E-state index is 5.74. The molecule has 5 heteroatoms. The van der Waals surface area contributed by atoms with Gasteiger partial charge in [-0.25, -0.2) is 0 Å². The normalized spacial score (nSPS) is 16.0. The average Bonchev–Trinajstić information content (AvgIpc) is 2.76. The van der Waals surface area contributed by atoms with Crippen LogP contribution in [0.1, 0.15) is 30.9 Å². The van der Waals surface area contributed by atoms with Gasteiger partial charge in [0.15, 0.2) is 5.96 Å². The number of piperidine rings is 1. The zero-order chi connectivity index (χ0) is 20.2. The third-order valence-corrected chi connectivity index (χ3v) is 5.14. The summed E-state index contributed by atoms with van der Waals surface area (Å²) in [7, 11) is 0. The van der Waals surface area contributed by atoms with E-state index in [-0.39, 0.29) is 0 Å². The molecule has 0 bridgehead atoms. The quantitative estimate of drug-likeness (QED) is 0.389. The molecule has 2 aromatic carbocycles. The van der Waals surface area contributed by atoms with Gasteiger partial charge in [0, 0.05) is 32.2 Å². The summed E-state index contributed by atoms with van der Waals surface area (Å²) in [5.74, 6) is 0.900. The van der Waals surface area contributed by atoms with Crippen LogP contribution in [-0.2, 0) is 17.9 Å². The van der Waals surface area contributed by atoms with Crippen LogP contribution in [0, 0.1) is 0 Å². The minimum Gasteiger partial charge on any atom is -0.375 e. The van der Waals surface area contributed by atoms with Gasteiger partial charge < -0.3 is 15.4 Å². The van der Waals surface area contributed by atoms with Crippen molar-refractivity contribution >= 4 is 5.96 Å². The molecule has 0 unspecified atom stereocenters. The molecule has 1 heterocycles. The second kappa shape index (κ2) is 12.2. The molecule has 1 saturated heterocycles. The van der Waals surface area contributed by atoms with Gasteiger partial charge in [-0.2, -0.15) is 0 Å². The molecule has 29 heavy (non-hydrogen) atoms. The first-order chi connectivity index (χ1) is 14.3. The van der Waals surface area contributed by atoms with E-state index in [1.54, 1.807) is 0 Å². The van der Waals surface area contributed by atoms with Gasteiger partial charge >= 0.3 is 0 Å². The first-order valence-electron chi connectivity index (χ1n) is 10.8. The standard InChI is InChI=1S/C24H34N4O/c1-2-25-24(26-15-18-29-20-22-11-7-4-8-12-22)27-23-13-16-28(17-14-23)19-21-9-5-3-6-10-21/h3-12,23H,2,13-20H2,1H3,(H2,25,26,27). The van der Waals surface area contributed by atoms with Crippen molar-refractivity contribution in [3.63, 3.8) is 0 Å². The molecule has 156 valence electrons. The van der Waals surface area contributed by atoms with E-state index in [0.717, 1.165) is 45.0 Å². The highest BCUT2D eigenvalue weighted by Crippen LogP contribution is 2.13.